The van der Waals surface area contributed by atoms with E-state index in [0.717, 1.165) is 6.07 Å². The Balaban J connectivity index is 2.95. The lowest BCUT2D eigenvalue weighted by molar-refractivity contribution is -0.140. The van der Waals surface area contributed by atoms with Gasteiger partial charge in [-0.25, -0.2) is 4.39 Å². The van der Waals surface area contributed by atoms with Crippen LogP contribution in [-0.4, -0.2) is 25.0 Å². The largest absolute Gasteiger partial charge is 0.419 e. The molecule has 0 spiro atoms. The van der Waals surface area contributed by atoms with Gasteiger partial charge >= 0.3 is 6.18 Å². The van der Waals surface area contributed by atoms with Crippen molar-refractivity contribution in [2.24, 2.45) is 5.73 Å². The SMILES string of the molecule is CN(CCN)Cc1cccc(C(F)(F)F)c1F. The zero-order valence-electron chi connectivity index (χ0n) is 9.39. The summed E-state index contributed by atoms with van der Waals surface area (Å²) in [5, 5.41) is 0. The van der Waals surface area contributed by atoms with Crippen molar-refractivity contribution < 1.29 is 17.6 Å². The van der Waals surface area contributed by atoms with Crippen molar-refractivity contribution in [1.29, 1.82) is 0 Å². The van der Waals surface area contributed by atoms with E-state index in [1.54, 1.807) is 11.9 Å². The van der Waals surface area contributed by atoms with Crippen molar-refractivity contribution in [2.75, 3.05) is 20.1 Å². The summed E-state index contributed by atoms with van der Waals surface area (Å²) in [6, 6.07) is 3.29. The average Bonchev–Trinajstić information content (AvgIpc) is 2.19. The molecular weight excluding hydrogens is 236 g/mol. The molecule has 0 saturated heterocycles. The third-order valence-corrected chi connectivity index (χ3v) is 2.34. The molecule has 1 aromatic rings. The van der Waals surface area contributed by atoms with Crippen molar-refractivity contribution in [3.8, 4) is 0 Å². The van der Waals surface area contributed by atoms with Crippen LogP contribution in [0.5, 0.6) is 0 Å². The predicted octanol–water partition coefficient (Wildman–Crippen LogP) is 2.23. The first-order valence-corrected chi connectivity index (χ1v) is 5.09. The molecule has 96 valence electrons. The summed E-state index contributed by atoms with van der Waals surface area (Å²) in [6.07, 6.45) is -4.66. The normalized spacial score (nSPS) is 12.2. The zero-order chi connectivity index (χ0) is 13.1. The summed E-state index contributed by atoms with van der Waals surface area (Å²) >= 11 is 0. The Morgan fingerprint density at radius 3 is 2.47 bits per heavy atom. The maximum atomic E-state index is 13.6. The van der Waals surface area contributed by atoms with Crippen LogP contribution in [-0.2, 0) is 12.7 Å². The predicted molar refractivity (Wildman–Crippen MR) is 56.8 cm³/mol. The number of likely N-dealkylation sites (N-methyl/N-ethyl adjacent to an activating group) is 1. The standard InChI is InChI=1S/C11H14F4N2/c1-17(6-5-16)7-8-3-2-4-9(10(8)12)11(13,14)15/h2-4H,5-7,16H2,1H3. The smallest absolute Gasteiger partial charge is 0.329 e. The van der Waals surface area contributed by atoms with Gasteiger partial charge in [-0.1, -0.05) is 12.1 Å². The molecule has 0 atom stereocenters. The number of benzene rings is 1. The lowest BCUT2D eigenvalue weighted by Gasteiger charge is -2.17. The monoisotopic (exact) mass is 250 g/mol. The molecule has 6 heteroatoms. The lowest BCUT2D eigenvalue weighted by atomic mass is 10.1. The Morgan fingerprint density at radius 1 is 1.29 bits per heavy atom. The number of alkyl halides is 3. The molecule has 0 heterocycles. The molecule has 17 heavy (non-hydrogen) atoms. The van der Waals surface area contributed by atoms with E-state index in [1.807, 2.05) is 0 Å². The van der Waals surface area contributed by atoms with Crippen molar-refractivity contribution in [1.82, 2.24) is 4.90 Å². The highest BCUT2D eigenvalue weighted by Crippen LogP contribution is 2.32. The summed E-state index contributed by atoms with van der Waals surface area (Å²) in [5.41, 5.74) is 4.10. The van der Waals surface area contributed by atoms with E-state index in [-0.39, 0.29) is 12.1 Å². The molecule has 0 saturated carbocycles. The minimum absolute atomic E-state index is 0.0239. The molecule has 0 fully saturated rings. The van der Waals surface area contributed by atoms with Gasteiger partial charge in [0.05, 0.1) is 5.56 Å². The van der Waals surface area contributed by atoms with Gasteiger partial charge in [0.1, 0.15) is 5.82 Å². The number of nitrogens with zero attached hydrogens (tertiary/aromatic N) is 1. The topological polar surface area (TPSA) is 29.3 Å². The van der Waals surface area contributed by atoms with E-state index in [2.05, 4.69) is 0 Å². The van der Waals surface area contributed by atoms with Crippen LogP contribution in [0.4, 0.5) is 17.6 Å². The number of hydrogen-bond donors (Lipinski definition) is 1. The van der Waals surface area contributed by atoms with Crippen LogP contribution in [0.15, 0.2) is 18.2 Å². The third kappa shape index (κ3) is 3.67. The molecular formula is C11H14F4N2. The highest BCUT2D eigenvalue weighted by atomic mass is 19.4. The summed E-state index contributed by atoms with van der Waals surface area (Å²) < 4.78 is 50.9. The van der Waals surface area contributed by atoms with Crippen LogP contribution in [0, 0.1) is 5.82 Å². The molecule has 1 aromatic carbocycles. The highest BCUT2D eigenvalue weighted by molar-refractivity contribution is 5.28. The molecule has 0 amide bonds. The van der Waals surface area contributed by atoms with Crippen LogP contribution < -0.4 is 5.73 Å². The molecule has 1 rings (SSSR count). The molecule has 0 unspecified atom stereocenters. The maximum absolute atomic E-state index is 13.6. The first kappa shape index (κ1) is 13.9. The first-order valence-electron chi connectivity index (χ1n) is 5.09. The van der Waals surface area contributed by atoms with Gasteiger partial charge in [-0.15, -0.1) is 0 Å². The minimum atomic E-state index is -4.66. The fraction of sp³-hybridized carbons (Fsp3) is 0.455. The van der Waals surface area contributed by atoms with Gasteiger partial charge in [0.15, 0.2) is 0 Å². The minimum Gasteiger partial charge on any atom is -0.329 e. The molecule has 0 aliphatic rings. The lowest BCUT2D eigenvalue weighted by Crippen LogP contribution is -2.25. The highest BCUT2D eigenvalue weighted by Gasteiger charge is 2.34. The summed E-state index contributed by atoms with van der Waals surface area (Å²) in [5.74, 6) is -1.20. The van der Waals surface area contributed by atoms with E-state index in [0.29, 0.717) is 13.1 Å². The van der Waals surface area contributed by atoms with E-state index in [9.17, 15) is 17.6 Å². The van der Waals surface area contributed by atoms with Crippen molar-refractivity contribution in [2.45, 2.75) is 12.7 Å². The second-order valence-electron chi connectivity index (χ2n) is 3.80. The summed E-state index contributed by atoms with van der Waals surface area (Å²) in [4.78, 5) is 1.67. The van der Waals surface area contributed by atoms with Gasteiger partial charge in [-0.3, -0.25) is 0 Å². The Labute approximate surface area is 97.0 Å². The second kappa shape index (κ2) is 5.46. The molecule has 0 bridgehead atoms. The number of rotatable bonds is 4. The third-order valence-electron chi connectivity index (χ3n) is 2.34. The van der Waals surface area contributed by atoms with Gasteiger partial charge in [0.25, 0.3) is 0 Å². The molecule has 0 radical (unpaired) electrons. The Morgan fingerprint density at radius 2 is 1.94 bits per heavy atom. The zero-order valence-corrected chi connectivity index (χ0v) is 9.39. The quantitative estimate of drug-likeness (QED) is 0.830. The van der Waals surface area contributed by atoms with Crippen molar-refractivity contribution >= 4 is 0 Å². The van der Waals surface area contributed by atoms with E-state index in [4.69, 9.17) is 5.73 Å². The molecule has 0 aromatic heterocycles. The Hall–Kier alpha value is -1.14. The van der Waals surface area contributed by atoms with E-state index >= 15 is 0 Å². The summed E-state index contributed by atoms with van der Waals surface area (Å²) in [7, 11) is 1.67. The van der Waals surface area contributed by atoms with Gasteiger partial charge in [0.2, 0.25) is 0 Å². The van der Waals surface area contributed by atoms with Crippen LogP contribution in [0.25, 0.3) is 0 Å². The summed E-state index contributed by atoms with van der Waals surface area (Å²) in [6.45, 7) is 0.972. The fourth-order valence-electron chi connectivity index (χ4n) is 1.51. The molecule has 0 aliphatic heterocycles. The van der Waals surface area contributed by atoms with Crippen LogP contribution in [0.2, 0.25) is 0 Å². The number of hydrogen-bond acceptors (Lipinski definition) is 2. The molecule has 0 aliphatic carbocycles. The van der Waals surface area contributed by atoms with Gasteiger partial charge in [-0.2, -0.15) is 13.2 Å². The van der Waals surface area contributed by atoms with E-state index in [1.165, 1.54) is 12.1 Å². The number of halogens is 4. The van der Waals surface area contributed by atoms with Crippen LogP contribution >= 0.6 is 0 Å². The van der Waals surface area contributed by atoms with Gasteiger partial charge in [0, 0.05) is 25.2 Å². The van der Waals surface area contributed by atoms with Gasteiger partial charge in [-0.05, 0) is 13.1 Å². The Kier molecular flexibility index (Phi) is 4.47. The first-order chi connectivity index (χ1) is 7.86. The molecule has 2 nitrogen and oxygen atoms in total. The van der Waals surface area contributed by atoms with Crippen molar-refractivity contribution in [3.63, 3.8) is 0 Å². The van der Waals surface area contributed by atoms with Crippen LogP contribution in [0.3, 0.4) is 0 Å². The maximum Gasteiger partial charge on any atom is 0.419 e. The van der Waals surface area contributed by atoms with Gasteiger partial charge < -0.3 is 10.6 Å². The second-order valence-corrected chi connectivity index (χ2v) is 3.80. The molecule has 2 N–H and O–H groups in total. The van der Waals surface area contributed by atoms with Crippen molar-refractivity contribution in [3.05, 3.63) is 35.1 Å². The Bertz CT molecular complexity index is 376. The fourth-order valence-corrected chi connectivity index (χ4v) is 1.51. The average molecular weight is 250 g/mol. The number of nitrogens with two attached hydrogens (primary N) is 1. The van der Waals surface area contributed by atoms with Crippen LogP contribution in [0.1, 0.15) is 11.1 Å². The van der Waals surface area contributed by atoms with E-state index < -0.39 is 17.6 Å².